The van der Waals surface area contributed by atoms with Crippen LogP contribution in [0.1, 0.15) is 32.9 Å². The van der Waals surface area contributed by atoms with Gasteiger partial charge in [0.2, 0.25) is 0 Å². The summed E-state index contributed by atoms with van der Waals surface area (Å²) in [5, 5.41) is 6.24. The maximum atomic E-state index is 13.2. The topological polar surface area (TPSA) is 46.3 Å². The molecule has 4 nitrogen and oxygen atoms in total. The van der Waals surface area contributed by atoms with Gasteiger partial charge in [-0.15, -0.1) is 11.3 Å². The first kappa shape index (κ1) is 14.0. The maximum Gasteiger partial charge on any atom is 0.280 e. The average Bonchev–Trinajstić information content (AvgIpc) is 3.26. The number of nitrogens with zero attached hydrogens (tertiary/aromatic N) is 2. The molecule has 5 heteroatoms. The third-order valence-corrected chi connectivity index (χ3v) is 5.92. The van der Waals surface area contributed by atoms with Gasteiger partial charge in [-0.1, -0.05) is 23.4 Å². The zero-order valence-electron chi connectivity index (χ0n) is 13.1. The number of fused-ring (bicyclic) bond motifs is 4. The van der Waals surface area contributed by atoms with E-state index in [4.69, 9.17) is 4.52 Å². The quantitative estimate of drug-likeness (QED) is 0.672. The van der Waals surface area contributed by atoms with Crippen LogP contribution in [0.3, 0.4) is 0 Å². The molecule has 2 aliphatic rings. The second kappa shape index (κ2) is 5.31. The number of rotatable bonds is 1. The zero-order chi connectivity index (χ0) is 16.1. The fraction of sp³-hybridized carbons (Fsp3) is 0.263. The van der Waals surface area contributed by atoms with Crippen LogP contribution in [0.4, 0.5) is 5.69 Å². The molecule has 24 heavy (non-hydrogen) atoms. The summed E-state index contributed by atoms with van der Waals surface area (Å²) in [4.78, 5) is 16.3. The Hall–Kier alpha value is -2.40. The molecule has 0 atom stereocenters. The Morgan fingerprint density at radius 3 is 3.04 bits per heavy atom. The van der Waals surface area contributed by atoms with Gasteiger partial charge in [-0.3, -0.25) is 4.79 Å². The predicted molar refractivity (Wildman–Crippen MR) is 93.7 cm³/mol. The summed E-state index contributed by atoms with van der Waals surface area (Å²) in [6.45, 7) is 0.737. The van der Waals surface area contributed by atoms with E-state index in [0.717, 1.165) is 54.8 Å². The molecule has 0 bridgehead atoms. The van der Waals surface area contributed by atoms with Gasteiger partial charge < -0.3 is 9.42 Å². The van der Waals surface area contributed by atoms with Crippen LogP contribution in [-0.4, -0.2) is 17.6 Å². The number of carbonyl (C=O) groups excluding carboxylic acids is 1. The average molecular weight is 336 g/mol. The van der Waals surface area contributed by atoms with Gasteiger partial charge in [-0.05, 0) is 48.8 Å². The third kappa shape index (κ3) is 1.97. The highest BCUT2D eigenvalue weighted by Gasteiger charge is 2.32. The number of aromatic nitrogens is 1. The summed E-state index contributed by atoms with van der Waals surface area (Å²) < 4.78 is 5.58. The summed E-state index contributed by atoms with van der Waals surface area (Å²) in [6.07, 6.45) is 3.79. The van der Waals surface area contributed by atoms with Crippen LogP contribution in [0.15, 0.2) is 40.2 Å². The zero-order valence-corrected chi connectivity index (χ0v) is 13.9. The van der Waals surface area contributed by atoms with Gasteiger partial charge in [0.15, 0.2) is 11.5 Å². The highest BCUT2D eigenvalue weighted by atomic mass is 32.1. The molecule has 3 aromatic rings. The molecule has 5 rings (SSSR count). The van der Waals surface area contributed by atoms with Crippen molar-refractivity contribution in [2.24, 2.45) is 0 Å². The highest BCUT2D eigenvalue weighted by Crippen LogP contribution is 2.39. The molecule has 3 heterocycles. The van der Waals surface area contributed by atoms with E-state index in [-0.39, 0.29) is 5.91 Å². The molecule has 1 aromatic carbocycles. The van der Waals surface area contributed by atoms with Crippen LogP contribution in [0.5, 0.6) is 0 Å². The third-order valence-electron chi connectivity index (χ3n) is 4.94. The van der Waals surface area contributed by atoms with E-state index in [2.05, 4.69) is 22.7 Å². The second-order valence-corrected chi connectivity index (χ2v) is 7.29. The summed E-state index contributed by atoms with van der Waals surface area (Å²) in [7, 11) is 0. The molecule has 0 fully saturated rings. The van der Waals surface area contributed by atoms with Crippen LogP contribution in [-0.2, 0) is 19.3 Å². The Labute approximate surface area is 143 Å². The van der Waals surface area contributed by atoms with Crippen molar-refractivity contribution in [3.8, 4) is 11.3 Å². The number of hydrogen-bond donors (Lipinski definition) is 0. The largest absolute Gasteiger partial charge is 0.355 e. The molecule has 1 aliphatic carbocycles. The molecule has 0 saturated heterocycles. The normalized spacial score (nSPS) is 15.6. The predicted octanol–water partition coefficient (Wildman–Crippen LogP) is 4.09. The van der Waals surface area contributed by atoms with Gasteiger partial charge in [-0.2, -0.15) is 0 Å². The minimum Gasteiger partial charge on any atom is -0.355 e. The Morgan fingerprint density at radius 1 is 1.17 bits per heavy atom. The second-order valence-electron chi connectivity index (χ2n) is 6.29. The number of hydrogen-bond acceptors (Lipinski definition) is 4. The number of amides is 1. The molecule has 0 spiro atoms. The summed E-state index contributed by atoms with van der Waals surface area (Å²) >= 11 is 1.74. The SMILES string of the molecule is O=C(c1noc2c1CCc1sccc1-2)N1CCCc2ccccc21. The molecule has 120 valence electrons. The van der Waals surface area contributed by atoms with E-state index in [1.165, 1.54) is 10.4 Å². The lowest BCUT2D eigenvalue weighted by Crippen LogP contribution is -2.36. The minimum absolute atomic E-state index is 0.0363. The van der Waals surface area contributed by atoms with Gasteiger partial charge in [-0.25, -0.2) is 0 Å². The van der Waals surface area contributed by atoms with Crippen molar-refractivity contribution in [3.63, 3.8) is 0 Å². The number of aryl methyl sites for hydroxylation is 2. The Kier molecular flexibility index (Phi) is 3.10. The number of carbonyl (C=O) groups is 1. The lowest BCUT2D eigenvalue weighted by Gasteiger charge is -2.29. The van der Waals surface area contributed by atoms with E-state index in [9.17, 15) is 4.79 Å². The van der Waals surface area contributed by atoms with Crippen molar-refractivity contribution in [1.82, 2.24) is 5.16 Å². The van der Waals surface area contributed by atoms with E-state index < -0.39 is 0 Å². The Balaban J connectivity index is 1.57. The summed E-state index contributed by atoms with van der Waals surface area (Å²) in [6, 6.07) is 10.2. The molecule has 0 radical (unpaired) electrons. The van der Waals surface area contributed by atoms with E-state index in [0.29, 0.717) is 5.69 Å². The van der Waals surface area contributed by atoms with Crippen molar-refractivity contribution in [2.45, 2.75) is 25.7 Å². The Bertz CT molecular complexity index is 941. The molecular formula is C19H16N2O2S. The van der Waals surface area contributed by atoms with Gasteiger partial charge in [0.25, 0.3) is 5.91 Å². The highest BCUT2D eigenvalue weighted by molar-refractivity contribution is 7.10. The number of benzene rings is 1. The minimum atomic E-state index is -0.0363. The Morgan fingerprint density at radius 2 is 2.08 bits per heavy atom. The van der Waals surface area contributed by atoms with Crippen LogP contribution in [0, 0.1) is 0 Å². The van der Waals surface area contributed by atoms with Crippen LogP contribution < -0.4 is 4.90 Å². The van der Waals surface area contributed by atoms with Gasteiger partial charge in [0.1, 0.15) is 0 Å². The number of para-hydroxylation sites is 1. The first-order valence-corrected chi connectivity index (χ1v) is 9.16. The lowest BCUT2D eigenvalue weighted by atomic mass is 9.94. The molecule has 2 aromatic heterocycles. The van der Waals surface area contributed by atoms with Crippen LogP contribution >= 0.6 is 11.3 Å². The number of thiophene rings is 1. The van der Waals surface area contributed by atoms with Gasteiger partial charge in [0.05, 0.1) is 0 Å². The summed E-state index contributed by atoms with van der Waals surface area (Å²) in [5.41, 5.74) is 4.80. The summed E-state index contributed by atoms with van der Waals surface area (Å²) in [5.74, 6) is 0.747. The van der Waals surface area contributed by atoms with Crippen molar-refractivity contribution in [2.75, 3.05) is 11.4 Å². The smallest absolute Gasteiger partial charge is 0.280 e. The van der Waals surface area contributed by atoms with Crippen LogP contribution in [0.2, 0.25) is 0 Å². The number of anilines is 1. The fourth-order valence-corrected chi connectivity index (χ4v) is 4.64. The standard InChI is InChI=1S/C19H16N2O2S/c22-19(21-10-3-5-12-4-1-2-6-15(12)21)17-14-7-8-16-13(9-11-24-16)18(14)23-20-17/h1-2,4,6,9,11H,3,5,7-8,10H2. The van der Waals surface area contributed by atoms with Crippen molar-refractivity contribution in [3.05, 3.63) is 57.4 Å². The molecule has 0 unspecified atom stereocenters. The first-order valence-electron chi connectivity index (χ1n) is 8.28. The first-order chi connectivity index (χ1) is 11.8. The van der Waals surface area contributed by atoms with Crippen molar-refractivity contribution >= 4 is 22.9 Å². The van der Waals surface area contributed by atoms with Crippen molar-refractivity contribution in [1.29, 1.82) is 0 Å². The molecule has 0 N–H and O–H groups in total. The van der Waals surface area contributed by atoms with Crippen molar-refractivity contribution < 1.29 is 9.32 Å². The van der Waals surface area contributed by atoms with E-state index >= 15 is 0 Å². The molecule has 1 aliphatic heterocycles. The lowest BCUT2D eigenvalue weighted by molar-refractivity contribution is 0.0975. The maximum absolute atomic E-state index is 13.2. The van der Waals surface area contributed by atoms with Gasteiger partial charge in [0, 0.05) is 28.2 Å². The molecular weight excluding hydrogens is 320 g/mol. The van der Waals surface area contributed by atoms with E-state index in [1.807, 2.05) is 23.1 Å². The fourth-order valence-electron chi connectivity index (χ4n) is 3.77. The van der Waals surface area contributed by atoms with Crippen LogP contribution in [0.25, 0.3) is 11.3 Å². The molecule has 0 saturated carbocycles. The van der Waals surface area contributed by atoms with Gasteiger partial charge >= 0.3 is 0 Å². The molecule has 1 amide bonds. The monoisotopic (exact) mass is 336 g/mol. The van der Waals surface area contributed by atoms with E-state index in [1.54, 1.807) is 11.3 Å².